The zero-order valence-electron chi connectivity index (χ0n) is 6.77. The molecule has 0 unspecified atom stereocenters. The Hall–Kier alpha value is -1.08. The van der Waals surface area contributed by atoms with E-state index in [0.717, 1.165) is 4.31 Å². The second kappa shape index (κ2) is 3.11. The van der Waals surface area contributed by atoms with Crippen LogP contribution < -0.4 is 4.72 Å². The number of aromatic amines is 1. The summed E-state index contributed by atoms with van der Waals surface area (Å²) in [5.41, 5.74) is 0. The van der Waals surface area contributed by atoms with Gasteiger partial charge in [0.1, 0.15) is 5.82 Å². The van der Waals surface area contributed by atoms with Gasteiger partial charge in [0.05, 0.1) is 6.20 Å². The zero-order chi connectivity index (χ0) is 9.19. The molecule has 0 bridgehead atoms. The molecule has 0 atom stereocenters. The second-order valence-electron chi connectivity index (χ2n) is 2.36. The highest BCUT2D eigenvalue weighted by molar-refractivity contribution is 7.90. The van der Waals surface area contributed by atoms with Crippen molar-refractivity contribution >= 4 is 16.0 Å². The Bertz CT molecular complexity index is 328. The van der Waals surface area contributed by atoms with Crippen molar-refractivity contribution in [2.24, 2.45) is 0 Å². The van der Waals surface area contributed by atoms with Crippen molar-refractivity contribution in [3.63, 3.8) is 0 Å². The number of aromatic nitrogens is 2. The van der Waals surface area contributed by atoms with Gasteiger partial charge in [0.2, 0.25) is 0 Å². The number of nitrogens with zero attached hydrogens (tertiary/aromatic N) is 2. The smallest absolute Gasteiger partial charge is 0.262 e. The molecule has 0 aromatic carbocycles. The SMILES string of the molecule is CN(C)S(=O)(=O)Nc1ccn[nH]1. The summed E-state index contributed by atoms with van der Waals surface area (Å²) in [6, 6.07) is 1.53. The van der Waals surface area contributed by atoms with Crippen molar-refractivity contribution in [3.05, 3.63) is 12.3 Å². The van der Waals surface area contributed by atoms with Crippen LogP contribution in [0.5, 0.6) is 0 Å². The first-order chi connectivity index (χ1) is 5.52. The third kappa shape index (κ3) is 1.95. The number of hydrogen-bond acceptors (Lipinski definition) is 3. The molecule has 0 radical (unpaired) electrons. The van der Waals surface area contributed by atoms with E-state index in [0.29, 0.717) is 5.82 Å². The predicted molar refractivity (Wildman–Crippen MR) is 44.8 cm³/mol. The van der Waals surface area contributed by atoms with E-state index < -0.39 is 10.2 Å². The molecule has 7 heteroatoms. The number of rotatable bonds is 3. The molecule has 0 amide bonds. The van der Waals surface area contributed by atoms with Gasteiger partial charge in [-0.25, -0.2) is 0 Å². The van der Waals surface area contributed by atoms with E-state index in [-0.39, 0.29) is 0 Å². The lowest BCUT2D eigenvalue weighted by molar-refractivity contribution is 0.526. The second-order valence-corrected chi connectivity index (χ2v) is 4.24. The van der Waals surface area contributed by atoms with Crippen LogP contribution in [0.4, 0.5) is 5.82 Å². The Morgan fingerprint density at radius 1 is 1.58 bits per heavy atom. The molecule has 1 aromatic rings. The van der Waals surface area contributed by atoms with Gasteiger partial charge in [0.25, 0.3) is 0 Å². The fraction of sp³-hybridized carbons (Fsp3) is 0.400. The molecule has 0 aliphatic heterocycles. The summed E-state index contributed by atoms with van der Waals surface area (Å²) in [4.78, 5) is 0. The molecular weight excluding hydrogens is 180 g/mol. The van der Waals surface area contributed by atoms with Crippen molar-refractivity contribution < 1.29 is 8.42 Å². The third-order valence-electron chi connectivity index (χ3n) is 1.22. The first kappa shape index (κ1) is 9.01. The Morgan fingerprint density at radius 3 is 2.67 bits per heavy atom. The normalized spacial score (nSPS) is 11.9. The van der Waals surface area contributed by atoms with E-state index in [1.165, 1.54) is 26.4 Å². The standard InChI is InChI=1S/C5H10N4O2S/c1-9(2)12(10,11)8-5-3-4-6-7-5/h3-4H,1-2H3,(H2,6,7,8). The topological polar surface area (TPSA) is 78.1 Å². The van der Waals surface area contributed by atoms with E-state index in [1.807, 2.05) is 0 Å². The van der Waals surface area contributed by atoms with Crippen LogP contribution in [0.2, 0.25) is 0 Å². The van der Waals surface area contributed by atoms with Crippen LogP contribution >= 0.6 is 0 Å². The Labute approximate surface area is 70.8 Å². The number of H-pyrrole nitrogens is 1. The highest BCUT2D eigenvalue weighted by Gasteiger charge is 2.12. The molecule has 0 saturated carbocycles. The average molecular weight is 190 g/mol. The van der Waals surface area contributed by atoms with Crippen molar-refractivity contribution in [2.45, 2.75) is 0 Å². The molecule has 12 heavy (non-hydrogen) atoms. The van der Waals surface area contributed by atoms with E-state index in [1.54, 1.807) is 0 Å². The van der Waals surface area contributed by atoms with Gasteiger partial charge < -0.3 is 0 Å². The highest BCUT2D eigenvalue weighted by atomic mass is 32.2. The quantitative estimate of drug-likeness (QED) is 0.682. The van der Waals surface area contributed by atoms with Gasteiger partial charge in [-0.15, -0.1) is 0 Å². The van der Waals surface area contributed by atoms with Crippen molar-refractivity contribution in [3.8, 4) is 0 Å². The van der Waals surface area contributed by atoms with Crippen LogP contribution in [0.25, 0.3) is 0 Å². The van der Waals surface area contributed by atoms with E-state index in [4.69, 9.17) is 0 Å². The lowest BCUT2D eigenvalue weighted by Crippen LogP contribution is -2.29. The first-order valence-corrected chi connectivity index (χ1v) is 4.66. The molecule has 0 fully saturated rings. The van der Waals surface area contributed by atoms with Crippen molar-refractivity contribution in [1.82, 2.24) is 14.5 Å². The van der Waals surface area contributed by atoms with Crippen molar-refractivity contribution in [1.29, 1.82) is 0 Å². The molecule has 0 aliphatic carbocycles. The van der Waals surface area contributed by atoms with Crippen LogP contribution in [0, 0.1) is 0 Å². The van der Waals surface area contributed by atoms with Crippen LogP contribution in [0.3, 0.4) is 0 Å². The molecule has 0 aliphatic rings. The number of anilines is 1. The van der Waals surface area contributed by atoms with Gasteiger partial charge in [-0.1, -0.05) is 0 Å². The maximum absolute atomic E-state index is 11.2. The van der Waals surface area contributed by atoms with Crippen LogP contribution in [0.1, 0.15) is 0 Å². The van der Waals surface area contributed by atoms with Crippen LogP contribution in [-0.2, 0) is 10.2 Å². The summed E-state index contributed by atoms with van der Waals surface area (Å²) in [5, 5.41) is 6.08. The first-order valence-electron chi connectivity index (χ1n) is 3.22. The van der Waals surface area contributed by atoms with Gasteiger partial charge in [-0.05, 0) is 0 Å². The molecule has 6 nitrogen and oxygen atoms in total. The molecular formula is C5H10N4O2S. The predicted octanol–water partition coefficient (Wildman–Crippen LogP) is -0.372. The third-order valence-corrected chi connectivity index (χ3v) is 2.66. The summed E-state index contributed by atoms with van der Waals surface area (Å²) < 4.78 is 25.7. The van der Waals surface area contributed by atoms with E-state index in [2.05, 4.69) is 14.9 Å². The van der Waals surface area contributed by atoms with Crippen LogP contribution in [0.15, 0.2) is 12.3 Å². The monoisotopic (exact) mass is 190 g/mol. The molecule has 0 saturated heterocycles. The van der Waals surface area contributed by atoms with E-state index >= 15 is 0 Å². The molecule has 0 spiro atoms. The van der Waals surface area contributed by atoms with Crippen LogP contribution in [-0.4, -0.2) is 37.0 Å². The summed E-state index contributed by atoms with van der Waals surface area (Å²) in [5.74, 6) is 0.351. The van der Waals surface area contributed by atoms with Gasteiger partial charge >= 0.3 is 10.2 Å². The summed E-state index contributed by atoms with van der Waals surface area (Å²) >= 11 is 0. The average Bonchev–Trinajstić information content (AvgIpc) is 2.38. The van der Waals surface area contributed by atoms with Gasteiger partial charge in [-0.3, -0.25) is 9.82 Å². The summed E-state index contributed by atoms with van der Waals surface area (Å²) in [6.07, 6.45) is 1.47. The highest BCUT2D eigenvalue weighted by Crippen LogP contribution is 2.03. The molecule has 1 aromatic heterocycles. The molecule has 68 valence electrons. The molecule has 1 heterocycles. The molecule has 2 N–H and O–H groups in total. The van der Waals surface area contributed by atoms with Gasteiger partial charge in [0, 0.05) is 20.2 Å². The Morgan fingerprint density at radius 2 is 2.25 bits per heavy atom. The lowest BCUT2D eigenvalue weighted by Gasteiger charge is -2.11. The van der Waals surface area contributed by atoms with Crippen molar-refractivity contribution in [2.75, 3.05) is 18.8 Å². The number of hydrogen-bond donors (Lipinski definition) is 2. The van der Waals surface area contributed by atoms with Gasteiger partial charge in [0.15, 0.2) is 0 Å². The fourth-order valence-electron chi connectivity index (χ4n) is 0.543. The largest absolute Gasteiger partial charge is 0.302 e. The van der Waals surface area contributed by atoms with Gasteiger partial charge in [-0.2, -0.15) is 17.8 Å². The maximum Gasteiger partial charge on any atom is 0.302 e. The van der Waals surface area contributed by atoms with E-state index in [9.17, 15) is 8.42 Å². The summed E-state index contributed by atoms with van der Waals surface area (Å²) in [7, 11) is -0.523. The Balaban J connectivity index is 2.77. The lowest BCUT2D eigenvalue weighted by atomic mass is 10.7. The number of nitrogens with one attached hydrogen (secondary N) is 2. The summed E-state index contributed by atoms with van der Waals surface area (Å²) in [6.45, 7) is 0. The molecule has 1 rings (SSSR count). The minimum Gasteiger partial charge on any atom is -0.262 e. The minimum absolute atomic E-state index is 0.351. The minimum atomic E-state index is -3.41. The Kier molecular flexibility index (Phi) is 2.34. The zero-order valence-corrected chi connectivity index (χ0v) is 7.59. The fourth-order valence-corrected chi connectivity index (χ4v) is 1.12. The maximum atomic E-state index is 11.2.